The molecule has 1 aliphatic carbocycles. The van der Waals surface area contributed by atoms with Crippen LogP contribution in [0.3, 0.4) is 0 Å². The molecule has 1 fully saturated rings. The van der Waals surface area contributed by atoms with Crippen LogP contribution in [0.1, 0.15) is 39.0 Å². The topological polar surface area (TPSA) is 57.2 Å². The van der Waals surface area contributed by atoms with Crippen molar-refractivity contribution < 1.29 is 64.4 Å². The minimum atomic E-state index is -4.05. The summed E-state index contributed by atoms with van der Waals surface area (Å²) in [6.45, 7) is 1.54. The third kappa shape index (κ3) is 4.73. The molecule has 0 radical (unpaired) electrons. The van der Waals surface area contributed by atoms with Gasteiger partial charge in [0.25, 0.3) is 0 Å². The second kappa shape index (κ2) is 6.20. The van der Waals surface area contributed by atoms with Gasteiger partial charge in [-0.25, -0.2) is 8.42 Å². The van der Waals surface area contributed by atoms with Crippen molar-refractivity contribution in [1.29, 1.82) is 0 Å². The summed E-state index contributed by atoms with van der Waals surface area (Å²) in [6.07, 6.45) is 5.14. The summed E-state index contributed by atoms with van der Waals surface area (Å²) in [5, 5.41) is -0.683. The summed E-state index contributed by atoms with van der Waals surface area (Å²) >= 11 is 0. The van der Waals surface area contributed by atoms with Gasteiger partial charge < -0.3 is 4.55 Å². The molecule has 0 saturated heterocycles. The Morgan fingerprint density at radius 3 is 2.08 bits per heavy atom. The van der Waals surface area contributed by atoms with E-state index < -0.39 is 15.4 Å². The summed E-state index contributed by atoms with van der Waals surface area (Å²) < 4.78 is 32.0. The van der Waals surface area contributed by atoms with E-state index in [0.717, 1.165) is 25.7 Å². The molecular formula is C8H15KO3S. The first-order chi connectivity index (χ1) is 5.52. The van der Waals surface area contributed by atoms with Crippen molar-refractivity contribution >= 4 is 10.1 Å². The second-order valence-corrected chi connectivity index (χ2v) is 5.33. The minimum Gasteiger partial charge on any atom is -0.748 e. The molecule has 3 nitrogen and oxygen atoms in total. The van der Waals surface area contributed by atoms with Crippen molar-refractivity contribution in [3.63, 3.8) is 0 Å². The van der Waals surface area contributed by atoms with Gasteiger partial charge in [0, 0.05) is 5.25 Å². The third-order valence-corrected chi connectivity index (χ3v) is 4.06. The molecular weight excluding hydrogens is 215 g/mol. The van der Waals surface area contributed by atoms with E-state index in [1.165, 1.54) is 6.42 Å². The van der Waals surface area contributed by atoms with Crippen LogP contribution in [0.5, 0.6) is 0 Å². The van der Waals surface area contributed by atoms with Gasteiger partial charge in [0.1, 0.15) is 0 Å². The summed E-state index contributed by atoms with van der Waals surface area (Å²) in [4.78, 5) is 0. The molecule has 0 amide bonds. The van der Waals surface area contributed by atoms with Crippen molar-refractivity contribution in [3.8, 4) is 0 Å². The fourth-order valence-electron chi connectivity index (χ4n) is 1.84. The molecule has 1 saturated carbocycles. The first-order valence-corrected chi connectivity index (χ1v) is 5.93. The normalized spacial score (nSPS) is 22.0. The molecule has 0 aliphatic heterocycles. The van der Waals surface area contributed by atoms with Crippen LogP contribution in [0.25, 0.3) is 0 Å². The van der Waals surface area contributed by atoms with Crippen LogP contribution in [0.15, 0.2) is 0 Å². The fraction of sp³-hybridized carbons (Fsp3) is 1.00. The van der Waals surface area contributed by atoms with Crippen molar-refractivity contribution in [2.24, 2.45) is 5.92 Å². The maximum atomic E-state index is 10.7. The van der Waals surface area contributed by atoms with E-state index in [2.05, 4.69) is 0 Å². The zero-order valence-electron chi connectivity index (χ0n) is 8.32. The Balaban J connectivity index is 0.00000144. The van der Waals surface area contributed by atoms with Crippen LogP contribution >= 0.6 is 0 Å². The summed E-state index contributed by atoms with van der Waals surface area (Å²) in [5.41, 5.74) is 0. The Morgan fingerprint density at radius 2 is 1.69 bits per heavy atom. The van der Waals surface area contributed by atoms with Crippen LogP contribution in [-0.4, -0.2) is 18.2 Å². The van der Waals surface area contributed by atoms with Gasteiger partial charge in [-0.3, -0.25) is 0 Å². The molecule has 0 N–H and O–H groups in total. The molecule has 5 heteroatoms. The number of hydrogen-bond donors (Lipinski definition) is 0. The second-order valence-electron chi connectivity index (χ2n) is 3.60. The maximum Gasteiger partial charge on any atom is 1.00 e. The Kier molecular flexibility index (Phi) is 6.94. The van der Waals surface area contributed by atoms with E-state index >= 15 is 0 Å². The zero-order valence-corrected chi connectivity index (χ0v) is 12.3. The van der Waals surface area contributed by atoms with Gasteiger partial charge in [-0.15, -0.1) is 0 Å². The molecule has 1 rings (SSSR count). The summed E-state index contributed by atoms with van der Waals surface area (Å²) in [5.74, 6) is 0.112. The molecule has 1 atom stereocenters. The van der Waals surface area contributed by atoms with Crippen LogP contribution in [-0.2, 0) is 10.1 Å². The SMILES string of the molecule is C[C@@H](C1CCCCC1)S(=O)(=O)[O-].[K+]. The van der Waals surface area contributed by atoms with Crippen molar-refractivity contribution in [1.82, 2.24) is 0 Å². The van der Waals surface area contributed by atoms with Gasteiger partial charge in [0.15, 0.2) is 0 Å². The van der Waals surface area contributed by atoms with Gasteiger partial charge in [0.2, 0.25) is 0 Å². The Bertz CT molecular complexity index is 232. The Labute approximate surface area is 123 Å². The molecule has 0 unspecified atom stereocenters. The van der Waals surface area contributed by atoms with Gasteiger partial charge in [-0.1, -0.05) is 19.3 Å². The van der Waals surface area contributed by atoms with Crippen molar-refractivity contribution in [2.45, 2.75) is 44.3 Å². The maximum absolute atomic E-state index is 10.7. The molecule has 0 spiro atoms. The van der Waals surface area contributed by atoms with Crippen LogP contribution in [0.2, 0.25) is 0 Å². The van der Waals surface area contributed by atoms with E-state index in [-0.39, 0.29) is 57.3 Å². The molecule has 1 aliphatic rings. The molecule has 0 aromatic heterocycles. The largest absolute Gasteiger partial charge is 1.00 e. The van der Waals surface area contributed by atoms with Gasteiger partial charge in [-0.2, -0.15) is 0 Å². The van der Waals surface area contributed by atoms with Gasteiger partial charge in [-0.05, 0) is 25.7 Å². The van der Waals surface area contributed by atoms with Crippen LogP contribution < -0.4 is 51.4 Å². The van der Waals surface area contributed by atoms with E-state index in [0.29, 0.717) is 0 Å². The average molecular weight is 230 g/mol. The molecule has 0 bridgehead atoms. The number of rotatable bonds is 2. The average Bonchev–Trinajstić information content (AvgIpc) is 2.03. The third-order valence-electron chi connectivity index (χ3n) is 2.77. The smallest absolute Gasteiger partial charge is 0.748 e. The molecule has 72 valence electrons. The predicted octanol–water partition coefficient (Wildman–Crippen LogP) is -1.50. The number of hydrogen-bond acceptors (Lipinski definition) is 3. The van der Waals surface area contributed by atoms with E-state index in [1.54, 1.807) is 6.92 Å². The van der Waals surface area contributed by atoms with Crippen molar-refractivity contribution in [3.05, 3.63) is 0 Å². The standard InChI is InChI=1S/C8H16O3S.K/c1-7(12(9,10)11)8-5-3-2-4-6-8;/h7-8H,2-6H2,1H3,(H,9,10,11);/q;+1/p-1/t7-;/m0./s1. The van der Waals surface area contributed by atoms with Crippen LogP contribution in [0.4, 0.5) is 0 Å². The monoisotopic (exact) mass is 230 g/mol. The molecule has 0 heterocycles. The first-order valence-electron chi connectivity index (χ1n) is 4.46. The Hall–Kier alpha value is 1.55. The van der Waals surface area contributed by atoms with E-state index in [1.807, 2.05) is 0 Å². The summed E-state index contributed by atoms with van der Waals surface area (Å²) in [6, 6.07) is 0. The predicted molar refractivity (Wildman–Crippen MR) is 45.7 cm³/mol. The van der Waals surface area contributed by atoms with Gasteiger partial charge >= 0.3 is 51.4 Å². The molecule has 13 heavy (non-hydrogen) atoms. The van der Waals surface area contributed by atoms with Gasteiger partial charge in [0.05, 0.1) is 10.1 Å². The van der Waals surface area contributed by atoms with E-state index in [4.69, 9.17) is 0 Å². The zero-order chi connectivity index (χ0) is 9.19. The van der Waals surface area contributed by atoms with Crippen molar-refractivity contribution in [2.75, 3.05) is 0 Å². The fourth-order valence-corrected chi connectivity index (χ4v) is 2.58. The quantitative estimate of drug-likeness (QED) is 0.429. The minimum absolute atomic E-state index is 0. The molecule has 0 aromatic carbocycles. The van der Waals surface area contributed by atoms with Crippen LogP contribution in [0, 0.1) is 5.92 Å². The Morgan fingerprint density at radius 1 is 1.23 bits per heavy atom. The van der Waals surface area contributed by atoms with E-state index in [9.17, 15) is 13.0 Å². The molecule has 0 aromatic rings. The summed E-state index contributed by atoms with van der Waals surface area (Å²) in [7, 11) is -4.05. The first kappa shape index (κ1) is 14.5.